The van der Waals surface area contributed by atoms with Gasteiger partial charge in [0.05, 0.1) is 10.8 Å². The van der Waals surface area contributed by atoms with Crippen molar-refractivity contribution in [1.82, 2.24) is 9.21 Å². The first-order chi connectivity index (χ1) is 13.3. The molecule has 1 amide bonds. The molecule has 0 saturated carbocycles. The van der Waals surface area contributed by atoms with E-state index < -0.39 is 10.0 Å². The summed E-state index contributed by atoms with van der Waals surface area (Å²) in [4.78, 5) is 14.7. The van der Waals surface area contributed by atoms with Gasteiger partial charge in [-0.25, -0.2) is 8.42 Å². The molecule has 1 saturated heterocycles. The second kappa shape index (κ2) is 8.82. The smallest absolute Gasteiger partial charge is 0.243 e. The SMILES string of the molecule is CN(Cc1ccccc1Cl)C(=O)C1CCCN(S(=O)(=O)c2ccc(Cl)cc2)C1. The average Bonchev–Trinajstić information content (AvgIpc) is 2.69. The van der Waals surface area contributed by atoms with Crippen LogP contribution in [0.2, 0.25) is 10.0 Å². The molecule has 150 valence electrons. The lowest BCUT2D eigenvalue weighted by Gasteiger charge is -2.33. The first kappa shape index (κ1) is 21.1. The van der Waals surface area contributed by atoms with Gasteiger partial charge < -0.3 is 4.90 Å². The first-order valence-electron chi connectivity index (χ1n) is 9.03. The zero-order valence-electron chi connectivity index (χ0n) is 15.5. The number of sulfonamides is 1. The molecule has 0 bridgehead atoms. The number of carbonyl (C=O) groups is 1. The summed E-state index contributed by atoms with van der Waals surface area (Å²) in [6.07, 6.45) is 1.31. The molecule has 0 radical (unpaired) electrons. The third-order valence-corrected chi connectivity index (χ3v) is 7.43. The molecule has 0 aromatic heterocycles. The van der Waals surface area contributed by atoms with Crippen LogP contribution in [0.25, 0.3) is 0 Å². The third kappa shape index (κ3) is 4.69. The van der Waals surface area contributed by atoms with E-state index in [4.69, 9.17) is 23.2 Å². The predicted molar refractivity (Wildman–Crippen MR) is 111 cm³/mol. The van der Waals surface area contributed by atoms with E-state index in [2.05, 4.69) is 0 Å². The Bertz CT molecular complexity index is 948. The quantitative estimate of drug-likeness (QED) is 0.704. The van der Waals surface area contributed by atoms with Gasteiger partial charge in [0.1, 0.15) is 0 Å². The molecule has 28 heavy (non-hydrogen) atoms. The van der Waals surface area contributed by atoms with E-state index in [1.807, 2.05) is 18.2 Å². The van der Waals surface area contributed by atoms with Gasteiger partial charge in [-0.05, 0) is 48.7 Å². The van der Waals surface area contributed by atoms with Crippen LogP contribution in [0, 0.1) is 5.92 Å². The van der Waals surface area contributed by atoms with Gasteiger partial charge in [-0.3, -0.25) is 4.79 Å². The minimum atomic E-state index is -3.65. The van der Waals surface area contributed by atoms with Gasteiger partial charge in [-0.1, -0.05) is 41.4 Å². The maximum absolute atomic E-state index is 12.9. The van der Waals surface area contributed by atoms with Crippen molar-refractivity contribution >= 4 is 39.1 Å². The largest absolute Gasteiger partial charge is 0.341 e. The Morgan fingerprint density at radius 2 is 1.82 bits per heavy atom. The zero-order chi connectivity index (χ0) is 20.3. The molecule has 3 rings (SSSR count). The third-order valence-electron chi connectivity index (χ3n) is 4.93. The van der Waals surface area contributed by atoms with E-state index in [1.165, 1.54) is 16.4 Å². The minimum absolute atomic E-state index is 0.0732. The van der Waals surface area contributed by atoms with Crippen LogP contribution < -0.4 is 0 Å². The maximum atomic E-state index is 12.9. The van der Waals surface area contributed by atoms with Crippen LogP contribution in [0.15, 0.2) is 53.4 Å². The molecule has 0 aliphatic carbocycles. The number of amides is 1. The summed E-state index contributed by atoms with van der Waals surface area (Å²) in [6.45, 7) is 0.971. The fourth-order valence-corrected chi connectivity index (χ4v) is 5.23. The predicted octanol–water partition coefficient (Wildman–Crippen LogP) is 4.05. The molecule has 8 heteroatoms. The molecule has 2 aromatic carbocycles. The molecule has 1 unspecified atom stereocenters. The van der Waals surface area contributed by atoms with E-state index in [9.17, 15) is 13.2 Å². The van der Waals surface area contributed by atoms with Gasteiger partial charge in [-0.15, -0.1) is 0 Å². The lowest BCUT2D eigenvalue weighted by molar-refractivity contribution is -0.135. The molecule has 1 aliphatic rings. The normalized spacial score (nSPS) is 18.0. The van der Waals surface area contributed by atoms with Gasteiger partial charge in [0.25, 0.3) is 0 Å². The van der Waals surface area contributed by atoms with E-state index >= 15 is 0 Å². The van der Waals surface area contributed by atoms with Crippen molar-refractivity contribution < 1.29 is 13.2 Å². The maximum Gasteiger partial charge on any atom is 0.243 e. The molecule has 1 fully saturated rings. The van der Waals surface area contributed by atoms with Gasteiger partial charge in [0.2, 0.25) is 15.9 Å². The van der Waals surface area contributed by atoms with Crippen molar-refractivity contribution in [3.63, 3.8) is 0 Å². The second-order valence-corrected chi connectivity index (χ2v) is 9.72. The van der Waals surface area contributed by atoms with E-state index in [-0.39, 0.29) is 23.3 Å². The highest BCUT2D eigenvalue weighted by atomic mass is 35.5. The average molecular weight is 441 g/mol. The molecular weight excluding hydrogens is 419 g/mol. The molecule has 0 spiro atoms. The number of benzene rings is 2. The Balaban J connectivity index is 1.71. The van der Waals surface area contributed by atoms with E-state index in [0.29, 0.717) is 36.0 Å². The van der Waals surface area contributed by atoms with Gasteiger partial charge in [0, 0.05) is 36.7 Å². The summed E-state index contributed by atoms with van der Waals surface area (Å²) in [5.74, 6) is -0.445. The zero-order valence-corrected chi connectivity index (χ0v) is 17.8. The molecule has 0 N–H and O–H groups in total. The topological polar surface area (TPSA) is 57.7 Å². The molecule has 2 aromatic rings. The van der Waals surface area contributed by atoms with Gasteiger partial charge in [-0.2, -0.15) is 4.31 Å². The van der Waals surface area contributed by atoms with E-state index in [0.717, 1.165) is 5.56 Å². The number of carbonyl (C=O) groups excluding carboxylic acids is 1. The van der Waals surface area contributed by atoms with Crippen LogP contribution in [0.5, 0.6) is 0 Å². The number of hydrogen-bond acceptors (Lipinski definition) is 3. The summed E-state index contributed by atoms with van der Waals surface area (Å²) in [5.41, 5.74) is 0.862. The molecule has 1 heterocycles. The number of nitrogens with zero attached hydrogens (tertiary/aromatic N) is 2. The fraction of sp³-hybridized carbons (Fsp3) is 0.350. The Morgan fingerprint density at radius 1 is 1.14 bits per heavy atom. The summed E-state index contributed by atoms with van der Waals surface area (Å²) in [5, 5.41) is 1.09. The summed E-state index contributed by atoms with van der Waals surface area (Å²) in [7, 11) is -1.93. The Kier molecular flexibility index (Phi) is 6.65. The highest BCUT2D eigenvalue weighted by Crippen LogP contribution is 2.26. The van der Waals surface area contributed by atoms with Crippen LogP contribution >= 0.6 is 23.2 Å². The van der Waals surface area contributed by atoms with Crippen molar-refractivity contribution in [2.24, 2.45) is 5.92 Å². The minimum Gasteiger partial charge on any atom is -0.341 e. The Morgan fingerprint density at radius 3 is 2.50 bits per heavy atom. The monoisotopic (exact) mass is 440 g/mol. The summed E-state index contributed by atoms with van der Waals surface area (Å²) >= 11 is 12.0. The highest BCUT2D eigenvalue weighted by Gasteiger charge is 2.34. The molecule has 5 nitrogen and oxygen atoms in total. The van der Waals surface area contributed by atoms with Crippen LogP contribution in [0.4, 0.5) is 0 Å². The van der Waals surface area contributed by atoms with Crippen molar-refractivity contribution in [1.29, 1.82) is 0 Å². The van der Waals surface area contributed by atoms with E-state index in [1.54, 1.807) is 30.1 Å². The second-order valence-electron chi connectivity index (χ2n) is 6.94. The standard InChI is InChI=1S/C20H22Cl2N2O3S/c1-23(13-15-5-2-3-7-19(15)22)20(25)16-6-4-12-24(14-16)28(26,27)18-10-8-17(21)9-11-18/h2-3,5,7-11,16H,4,6,12-14H2,1H3. The Labute approximate surface area is 175 Å². The number of halogens is 2. The number of hydrogen-bond donors (Lipinski definition) is 0. The Hall–Kier alpha value is -1.60. The van der Waals surface area contributed by atoms with Crippen molar-refractivity contribution in [3.05, 3.63) is 64.1 Å². The van der Waals surface area contributed by atoms with Crippen LogP contribution in [-0.2, 0) is 21.4 Å². The van der Waals surface area contributed by atoms with Gasteiger partial charge >= 0.3 is 0 Å². The van der Waals surface area contributed by atoms with Crippen molar-refractivity contribution in [3.8, 4) is 0 Å². The molecule has 1 atom stereocenters. The highest BCUT2D eigenvalue weighted by molar-refractivity contribution is 7.89. The fourth-order valence-electron chi connectivity index (χ4n) is 3.39. The van der Waals surface area contributed by atoms with Crippen LogP contribution in [0.1, 0.15) is 18.4 Å². The summed E-state index contributed by atoms with van der Waals surface area (Å²) in [6, 6.07) is 13.5. The van der Waals surface area contributed by atoms with Gasteiger partial charge in [0.15, 0.2) is 0 Å². The van der Waals surface area contributed by atoms with Crippen LogP contribution in [-0.4, -0.2) is 43.7 Å². The number of piperidine rings is 1. The lowest BCUT2D eigenvalue weighted by Crippen LogP contribution is -2.45. The van der Waals surface area contributed by atoms with Crippen molar-refractivity contribution in [2.45, 2.75) is 24.3 Å². The van der Waals surface area contributed by atoms with Crippen molar-refractivity contribution in [2.75, 3.05) is 20.1 Å². The van der Waals surface area contributed by atoms with Crippen LogP contribution in [0.3, 0.4) is 0 Å². The first-order valence-corrected chi connectivity index (χ1v) is 11.2. The summed E-state index contributed by atoms with van der Waals surface area (Å²) < 4.78 is 27.2. The molecular formula is C20H22Cl2N2O3S. The molecule has 1 aliphatic heterocycles. The number of rotatable bonds is 5. The lowest BCUT2D eigenvalue weighted by atomic mass is 9.98.